The summed E-state index contributed by atoms with van der Waals surface area (Å²) in [6.45, 7) is 5.07. The second-order valence-corrected chi connectivity index (χ2v) is 6.84. The molecule has 1 aliphatic rings. The maximum atomic E-state index is 10.8. The third-order valence-electron chi connectivity index (χ3n) is 4.38. The van der Waals surface area contributed by atoms with Gasteiger partial charge in [0.05, 0.1) is 11.4 Å². The lowest BCUT2D eigenvalue weighted by atomic mass is 10.0. The zero-order valence-electron chi connectivity index (χ0n) is 12.6. The summed E-state index contributed by atoms with van der Waals surface area (Å²) in [6, 6.07) is 0. The van der Waals surface area contributed by atoms with Crippen molar-refractivity contribution >= 4 is 28.9 Å². The molecule has 114 valence electrons. The molecule has 0 aromatic carbocycles. The van der Waals surface area contributed by atoms with Gasteiger partial charge < -0.3 is 9.67 Å². The van der Waals surface area contributed by atoms with E-state index in [1.807, 2.05) is 18.7 Å². The molecule has 6 nitrogen and oxygen atoms in total. The van der Waals surface area contributed by atoms with Gasteiger partial charge in [-0.2, -0.15) is 5.10 Å². The lowest BCUT2D eigenvalue weighted by molar-refractivity contribution is -0.133. The molecular formula is C14H20N4O2S. The highest BCUT2D eigenvalue weighted by Gasteiger charge is 2.42. The van der Waals surface area contributed by atoms with Crippen LogP contribution in [0.4, 0.5) is 0 Å². The van der Waals surface area contributed by atoms with Gasteiger partial charge in [0, 0.05) is 13.6 Å². The molecule has 0 spiro atoms. The van der Waals surface area contributed by atoms with Gasteiger partial charge in [-0.15, -0.1) is 0 Å². The molecule has 0 saturated heterocycles. The van der Waals surface area contributed by atoms with Crippen LogP contribution >= 0.6 is 11.8 Å². The Labute approximate surface area is 127 Å². The SMILES string of the molecule is CCC1(Cn2c(SCC(=O)O)nc3c(C)nn(C)c32)CC1. The van der Waals surface area contributed by atoms with Crippen LogP contribution in [0, 0.1) is 12.3 Å². The predicted molar refractivity (Wildman–Crippen MR) is 81.6 cm³/mol. The fourth-order valence-electron chi connectivity index (χ4n) is 2.83. The molecule has 2 heterocycles. The Bertz CT molecular complexity index is 699. The largest absolute Gasteiger partial charge is 0.481 e. The van der Waals surface area contributed by atoms with Crippen LogP contribution < -0.4 is 0 Å². The van der Waals surface area contributed by atoms with Gasteiger partial charge in [0.15, 0.2) is 10.8 Å². The number of imidazole rings is 1. The van der Waals surface area contributed by atoms with Gasteiger partial charge in [-0.1, -0.05) is 18.7 Å². The monoisotopic (exact) mass is 308 g/mol. The molecule has 0 bridgehead atoms. The van der Waals surface area contributed by atoms with Crippen molar-refractivity contribution in [1.82, 2.24) is 19.3 Å². The van der Waals surface area contributed by atoms with Crippen LogP contribution in [0.25, 0.3) is 11.2 Å². The van der Waals surface area contributed by atoms with Crippen LogP contribution in [0.1, 0.15) is 31.9 Å². The van der Waals surface area contributed by atoms with Crippen molar-refractivity contribution in [3.63, 3.8) is 0 Å². The van der Waals surface area contributed by atoms with Crippen LogP contribution in [-0.4, -0.2) is 36.2 Å². The first-order chi connectivity index (χ1) is 9.96. The molecule has 21 heavy (non-hydrogen) atoms. The summed E-state index contributed by atoms with van der Waals surface area (Å²) in [5.74, 6) is -0.778. The number of rotatable bonds is 6. The number of nitrogens with zero attached hydrogens (tertiary/aromatic N) is 4. The average Bonchev–Trinajstić information content (AvgIpc) is 3.02. The van der Waals surface area contributed by atoms with Gasteiger partial charge in [-0.25, -0.2) is 4.98 Å². The Hall–Kier alpha value is -1.50. The van der Waals surface area contributed by atoms with Crippen LogP contribution in [0.15, 0.2) is 5.16 Å². The van der Waals surface area contributed by atoms with Gasteiger partial charge in [0.1, 0.15) is 5.52 Å². The normalized spacial score (nSPS) is 16.5. The topological polar surface area (TPSA) is 72.9 Å². The molecule has 1 fully saturated rings. The summed E-state index contributed by atoms with van der Waals surface area (Å²) >= 11 is 1.29. The first kappa shape index (κ1) is 14.4. The van der Waals surface area contributed by atoms with Crippen LogP contribution in [-0.2, 0) is 18.4 Å². The number of thioether (sulfide) groups is 1. The lowest BCUT2D eigenvalue weighted by Crippen LogP contribution is -2.14. The van der Waals surface area contributed by atoms with E-state index in [4.69, 9.17) is 5.11 Å². The summed E-state index contributed by atoms with van der Waals surface area (Å²) < 4.78 is 4.02. The first-order valence-corrected chi connectivity index (χ1v) is 8.19. The Morgan fingerprint density at radius 1 is 1.48 bits per heavy atom. The number of carboxylic acids is 1. The van der Waals surface area contributed by atoms with Crippen molar-refractivity contribution in [3.05, 3.63) is 5.69 Å². The second-order valence-electron chi connectivity index (χ2n) is 5.90. The summed E-state index contributed by atoms with van der Waals surface area (Å²) in [6.07, 6.45) is 3.62. The molecule has 1 saturated carbocycles. The van der Waals surface area contributed by atoms with E-state index in [9.17, 15) is 4.79 Å². The number of aryl methyl sites for hydroxylation is 2. The maximum absolute atomic E-state index is 10.8. The third-order valence-corrected chi connectivity index (χ3v) is 5.34. The van der Waals surface area contributed by atoms with E-state index >= 15 is 0 Å². The van der Waals surface area contributed by atoms with E-state index in [1.165, 1.54) is 24.6 Å². The van der Waals surface area contributed by atoms with Crippen molar-refractivity contribution in [2.45, 2.75) is 44.8 Å². The molecule has 0 radical (unpaired) electrons. The smallest absolute Gasteiger partial charge is 0.313 e. The Kier molecular flexibility index (Phi) is 3.47. The van der Waals surface area contributed by atoms with Gasteiger partial charge >= 0.3 is 5.97 Å². The van der Waals surface area contributed by atoms with E-state index < -0.39 is 5.97 Å². The second kappa shape index (κ2) is 5.05. The number of aromatic nitrogens is 4. The molecule has 1 aliphatic carbocycles. The third kappa shape index (κ3) is 2.54. The summed E-state index contributed by atoms with van der Waals surface area (Å²) in [7, 11) is 1.92. The van der Waals surface area contributed by atoms with E-state index in [0.29, 0.717) is 5.41 Å². The minimum absolute atomic E-state index is 0.0366. The minimum atomic E-state index is -0.815. The van der Waals surface area contributed by atoms with E-state index in [-0.39, 0.29) is 5.75 Å². The number of fused-ring (bicyclic) bond motifs is 1. The molecule has 0 amide bonds. The van der Waals surface area contributed by atoms with E-state index in [0.717, 1.165) is 35.0 Å². The Morgan fingerprint density at radius 2 is 2.19 bits per heavy atom. The van der Waals surface area contributed by atoms with Crippen molar-refractivity contribution in [3.8, 4) is 0 Å². The van der Waals surface area contributed by atoms with Gasteiger partial charge in [0.25, 0.3) is 0 Å². The number of aliphatic carboxylic acids is 1. The van der Waals surface area contributed by atoms with Crippen molar-refractivity contribution in [1.29, 1.82) is 0 Å². The van der Waals surface area contributed by atoms with Crippen LogP contribution in [0.3, 0.4) is 0 Å². The van der Waals surface area contributed by atoms with E-state index in [2.05, 4.69) is 21.6 Å². The summed E-state index contributed by atoms with van der Waals surface area (Å²) in [5, 5.41) is 14.1. The fourth-order valence-corrected chi connectivity index (χ4v) is 3.54. The van der Waals surface area contributed by atoms with Crippen molar-refractivity contribution in [2.75, 3.05) is 5.75 Å². The number of carbonyl (C=O) groups is 1. The highest BCUT2D eigenvalue weighted by molar-refractivity contribution is 7.99. The fraction of sp³-hybridized carbons (Fsp3) is 0.643. The number of hydrogen-bond donors (Lipinski definition) is 1. The minimum Gasteiger partial charge on any atom is -0.481 e. The number of carboxylic acid groups (broad SMARTS) is 1. The number of hydrogen-bond acceptors (Lipinski definition) is 4. The molecule has 0 atom stereocenters. The molecule has 0 aliphatic heterocycles. The Balaban J connectivity index is 2.03. The zero-order valence-corrected chi connectivity index (χ0v) is 13.4. The van der Waals surface area contributed by atoms with Crippen LogP contribution in [0.2, 0.25) is 0 Å². The van der Waals surface area contributed by atoms with Gasteiger partial charge in [0.2, 0.25) is 0 Å². The highest BCUT2D eigenvalue weighted by Crippen LogP contribution is 2.50. The van der Waals surface area contributed by atoms with Crippen molar-refractivity contribution < 1.29 is 9.90 Å². The van der Waals surface area contributed by atoms with Gasteiger partial charge in [-0.3, -0.25) is 9.48 Å². The molecule has 2 aromatic rings. The maximum Gasteiger partial charge on any atom is 0.313 e. The summed E-state index contributed by atoms with van der Waals surface area (Å²) in [5.41, 5.74) is 3.15. The molecule has 0 unspecified atom stereocenters. The first-order valence-electron chi connectivity index (χ1n) is 7.20. The standard InChI is InChI=1S/C14H20N4O2S/c1-4-14(5-6-14)8-18-12-11(9(2)16-17(12)3)15-13(18)21-7-10(19)20/h4-8H2,1-3H3,(H,19,20). The van der Waals surface area contributed by atoms with Gasteiger partial charge in [-0.05, 0) is 31.6 Å². The molecule has 3 rings (SSSR count). The zero-order chi connectivity index (χ0) is 15.2. The molecular weight excluding hydrogens is 288 g/mol. The summed E-state index contributed by atoms with van der Waals surface area (Å²) in [4.78, 5) is 15.5. The molecule has 1 N–H and O–H groups in total. The van der Waals surface area contributed by atoms with Crippen molar-refractivity contribution in [2.24, 2.45) is 12.5 Å². The lowest BCUT2D eigenvalue weighted by Gasteiger charge is -2.16. The highest BCUT2D eigenvalue weighted by atomic mass is 32.2. The predicted octanol–water partition coefficient (Wildman–Crippen LogP) is 2.45. The van der Waals surface area contributed by atoms with Crippen LogP contribution in [0.5, 0.6) is 0 Å². The van der Waals surface area contributed by atoms with E-state index in [1.54, 1.807) is 0 Å². The molecule has 7 heteroatoms. The Morgan fingerprint density at radius 3 is 2.76 bits per heavy atom. The molecule has 2 aromatic heterocycles. The average molecular weight is 308 g/mol. The quantitative estimate of drug-likeness (QED) is 0.830.